The van der Waals surface area contributed by atoms with Crippen LogP contribution in [0.1, 0.15) is 34.0 Å². The maximum atomic E-state index is 5.29. The van der Waals surface area contributed by atoms with E-state index in [0.29, 0.717) is 5.89 Å². The number of aromatic nitrogens is 2. The van der Waals surface area contributed by atoms with Crippen LogP contribution in [0, 0.1) is 13.8 Å². The normalized spacial score (nSPS) is 11.2. The molecule has 0 radical (unpaired) electrons. The largest absolute Gasteiger partial charge is 0.335 e. The monoisotopic (exact) mass is 304 g/mol. The predicted molar refractivity (Wildman–Crippen MR) is 93.0 cm³/mol. The highest BCUT2D eigenvalue weighted by molar-refractivity contribution is 5.66. The van der Waals surface area contributed by atoms with E-state index in [9.17, 15) is 0 Å². The van der Waals surface area contributed by atoms with E-state index < -0.39 is 0 Å². The minimum absolute atomic E-state index is 0.548. The quantitative estimate of drug-likeness (QED) is 0.689. The van der Waals surface area contributed by atoms with Crippen LogP contribution in [0.3, 0.4) is 0 Å². The van der Waals surface area contributed by atoms with Crippen molar-refractivity contribution in [2.24, 2.45) is 0 Å². The smallest absolute Gasteiger partial charge is 0.250 e. The molecule has 23 heavy (non-hydrogen) atoms. The van der Waals surface area contributed by atoms with Gasteiger partial charge in [0.1, 0.15) is 0 Å². The van der Waals surface area contributed by atoms with Gasteiger partial charge in [-0.3, -0.25) is 0 Å². The van der Waals surface area contributed by atoms with Gasteiger partial charge >= 0.3 is 0 Å². The van der Waals surface area contributed by atoms with E-state index in [0.717, 1.165) is 24.2 Å². The van der Waals surface area contributed by atoms with E-state index in [1.165, 1.54) is 16.7 Å². The van der Waals surface area contributed by atoms with Crippen molar-refractivity contribution in [1.29, 1.82) is 0 Å². The Labute approximate surface area is 136 Å². The summed E-state index contributed by atoms with van der Waals surface area (Å²) in [6.07, 6.45) is 5.58. The fourth-order valence-electron chi connectivity index (χ4n) is 2.61. The SMILES string of the molecule is Cc1cc(C)cc(/C=C/c2nc(CCc3ccccc3)no2)c1. The molecule has 3 aromatic rings. The van der Waals surface area contributed by atoms with Crippen LogP contribution in [0.15, 0.2) is 53.1 Å². The van der Waals surface area contributed by atoms with Crippen molar-refractivity contribution in [2.45, 2.75) is 26.7 Å². The van der Waals surface area contributed by atoms with Crippen LogP contribution in [0.4, 0.5) is 0 Å². The second kappa shape index (κ2) is 7.05. The Bertz CT molecular complexity index is 783. The average Bonchev–Trinajstić information content (AvgIpc) is 2.99. The highest BCUT2D eigenvalue weighted by atomic mass is 16.5. The van der Waals surface area contributed by atoms with Gasteiger partial charge in [0.2, 0.25) is 0 Å². The Balaban J connectivity index is 1.63. The molecule has 0 bridgehead atoms. The number of nitrogens with zero attached hydrogens (tertiary/aromatic N) is 2. The van der Waals surface area contributed by atoms with Gasteiger partial charge in [-0.25, -0.2) is 0 Å². The Kier molecular flexibility index (Phi) is 4.67. The first kappa shape index (κ1) is 15.2. The first-order valence-corrected chi connectivity index (χ1v) is 7.82. The summed E-state index contributed by atoms with van der Waals surface area (Å²) in [7, 11) is 0. The van der Waals surface area contributed by atoms with Gasteiger partial charge in [0.05, 0.1) is 0 Å². The van der Waals surface area contributed by atoms with E-state index in [-0.39, 0.29) is 0 Å². The third kappa shape index (κ3) is 4.39. The van der Waals surface area contributed by atoms with Crippen molar-refractivity contribution in [3.63, 3.8) is 0 Å². The lowest BCUT2D eigenvalue weighted by molar-refractivity contribution is 0.403. The van der Waals surface area contributed by atoms with Gasteiger partial charge in [0.25, 0.3) is 5.89 Å². The van der Waals surface area contributed by atoms with E-state index in [1.807, 2.05) is 30.4 Å². The zero-order valence-electron chi connectivity index (χ0n) is 13.5. The fourth-order valence-corrected chi connectivity index (χ4v) is 2.61. The lowest BCUT2D eigenvalue weighted by Gasteiger charge is -1.98. The first-order chi connectivity index (χ1) is 11.2. The summed E-state index contributed by atoms with van der Waals surface area (Å²) >= 11 is 0. The number of rotatable bonds is 5. The molecule has 3 rings (SSSR count). The zero-order chi connectivity index (χ0) is 16.1. The highest BCUT2D eigenvalue weighted by Gasteiger charge is 2.04. The van der Waals surface area contributed by atoms with E-state index >= 15 is 0 Å². The topological polar surface area (TPSA) is 38.9 Å². The molecule has 2 aromatic carbocycles. The van der Waals surface area contributed by atoms with Gasteiger partial charge in [0, 0.05) is 12.5 Å². The minimum Gasteiger partial charge on any atom is -0.335 e. The van der Waals surface area contributed by atoms with Crippen molar-refractivity contribution < 1.29 is 4.52 Å². The average molecular weight is 304 g/mol. The number of aryl methyl sites for hydroxylation is 4. The Morgan fingerprint density at radius 2 is 1.65 bits per heavy atom. The van der Waals surface area contributed by atoms with Crippen LogP contribution in [-0.4, -0.2) is 10.1 Å². The molecule has 0 aliphatic heterocycles. The van der Waals surface area contributed by atoms with Gasteiger partial charge in [-0.05, 0) is 37.5 Å². The van der Waals surface area contributed by atoms with E-state index in [4.69, 9.17) is 4.52 Å². The third-order valence-corrected chi connectivity index (χ3v) is 3.63. The van der Waals surface area contributed by atoms with Crippen molar-refractivity contribution >= 4 is 12.2 Å². The van der Waals surface area contributed by atoms with Crippen molar-refractivity contribution in [1.82, 2.24) is 10.1 Å². The van der Waals surface area contributed by atoms with Gasteiger partial charge < -0.3 is 4.52 Å². The first-order valence-electron chi connectivity index (χ1n) is 7.82. The summed E-state index contributed by atoms with van der Waals surface area (Å²) in [5.74, 6) is 1.29. The summed E-state index contributed by atoms with van der Waals surface area (Å²) < 4.78 is 5.29. The molecule has 0 atom stereocenters. The lowest BCUT2D eigenvalue weighted by Crippen LogP contribution is -1.93. The van der Waals surface area contributed by atoms with Crippen LogP contribution in [0.5, 0.6) is 0 Å². The van der Waals surface area contributed by atoms with Gasteiger partial charge in [-0.1, -0.05) is 64.8 Å². The molecule has 3 heteroatoms. The Morgan fingerprint density at radius 3 is 2.39 bits per heavy atom. The summed E-state index contributed by atoms with van der Waals surface area (Å²) in [5, 5.41) is 4.04. The molecule has 0 spiro atoms. The van der Waals surface area contributed by atoms with Crippen LogP contribution in [0.25, 0.3) is 12.2 Å². The fraction of sp³-hybridized carbons (Fsp3) is 0.200. The summed E-state index contributed by atoms with van der Waals surface area (Å²) in [6, 6.07) is 16.8. The molecule has 0 saturated carbocycles. The Hall–Kier alpha value is -2.68. The summed E-state index contributed by atoms with van der Waals surface area (Å²) in [6.45, 7) is 4.19. The Morgan fingerprint density at radius 1 is 0.913 bits per heavy atom. The molecule has 0 amide bonds. The molecule has 116 valence electrons. The predicted octanol–water partition coefficient (Wildman–Crippen LogP) is 4.64. The highest BCUT2D eigenvalue weighted by Crippen LogP contribution is 2.12. The molecular weight excluding hydrogens is 284 g/mol. The van der Waals surface area contributed by atoms with Crippen molar-refractivity contribution in [3.05, 3.63) is 82.5 Å². The molecule has 1 aromatic heterocycles. The maximum Gasteiger partial charge on any atom is 0.250 e. The molecule has 0 N–H and O–H groups in total. The molecule has 0 unspecified atom stereocenters. The standard InChI is InChI=1S/C20H20N2O/c1-15-12-16(2)14-18(13-15)9-11-20-21-19(22-23-20)10-8-17-6-4-3-5-7-17/h3-7,9,11-14H,8,10H2,1-2H3/b11-9+. The molecule has 0 saturated heterocycles. The second-order valence-corrected chi connectivity index (χ2v) is 5.79. The number of hydrogen-bond acceptors (Lipinski definition) is 3. The number of hydrogen-bond donors (Lipinski definition) is 0. The summed E-state index contributed by atoms with van der Waals surface area (Å²) in [4.78, 5) is 4.42. The zero-order valence-corrected chi connectivity index (χ0v) is 13.5. The van der Waals surface area contributed by atoms with Crippen molar-refractivity contribution in [2.75, 3.05) is 0 Å². The molecule has 0 aliphatic carbocycles. The maximum absolute atomic E-state index is 5.29. The van der Waals surface area contributed by atoms with Gasteiger partial charge in [-0.2, -0.15) is 4.98 Å². The second-order valence-electron chi connectivity index (χ2n) is 5.79. The summed E-state index contributed by atoms with van der Waals surface area (Å²) in [5.41, 5.74) is 4.92. The molecule has 0 aliphatic rings. The van der Waals surface area contributed by atoms with Crippen LogP contribution >= 0.6 is 0 Å². The van der Waals surface area contributed by atoms with Gasteiger partial charge in [0.15, 0.2) is 5.82 Å². The van der Waals surface area contributed by atoms with Crippen LogP contribution in [-0.2, 0) is 12.8 Å². The molecule has 3 nitrogen and oxygen atoms in total. The van der Waals surface area contributed by atoms with Crippen molar-refractivity contribution in [3.8, 4) is 0 Å². The van der Waals surface area contributed by atoms with Crippen LogP contribution < -0.4 is 0 Å². The minimum atomic E-state index is 0.548. The lowest BCUT2D eigenvalue weighted by atomic mass is 10.1. The third-order valence-electron chi connectivity index (χ3n) is 3.63. The van der Waals surface area contributed by atoms with E-state index in [1.54, 1.807) is 0 Å². The molecule has 1 heterocycles. The van der Waals surface area contributed by atoms with Crippen LogP contribution in [0.2, 0.25) is 0 Å². The number of benzene rings is 2. The van der Waals surface area contributed by atoms with E-state index in [2.05, 4.69) is 54.3 Å². The molecular formula is C20H20N2O. The molecule has 0 fully saturated rings. The van der Waals surface area contributed by atoms with Gasteiger partial charge in [-0.15, -0.1) is 0 Å².